The van der Waals surface area contributed by atoms with E-state index < -0.39 is 0 Å². The van der Waals surface area contributed by atoms with Gasteiger partial charge in [-0.15, -0.1) is 0 Å². The number of nitrogens with zero attached hydrogens (tertiary/aromatic N) is 2. The number of carbonyl (C=O) groups is 1. The first-order chi connectivity index (χ1) is 13.7. The van der Waals surface area contributed by atoms with Gasteiger partial charge in [0.25, 0.3) is 0 Å². The van der Waals surface area contributed by atoms with Gasteiger partial charge in [-0.2, -0.15) is 0 Å². The van der Waals surface area contributed by atoms with E-state index in [9.17, 15) is 4.79 Å². The zero-order valence-electron chi connectivity index (χ0n) is 15.8. The summed E-state index contributed by atoms with van der Waals surface area (Å²) in [5, 5.41) is 0. The molecule has 0 aliphatic heterocycles. The number of hydrazine groups is 2. The summed E-state index contributed by atoms with van der Waals surface area (Å²) in [6.07, 6.45) is 4.77. The van der Waals surface area contributed by atoms with Gasteiger partial charge in [-0.05, 0) is 54.2 Å². The second kappa shape index (κ2) is 11.5. The molecule has 8 heteroatoms. The molecule has 0 aliphatic rings. The van der Waals surface area contributed by atoms with E-state index in [0.29, 0.717) is 6.42 Å². The highest BCUT2D eigenvalue weighted by molar-refractivity contribution is 5.70. The quantitative estimate of drug-likeness (QED) is 0.164. The number of nitrogens with two attached hydrogens (primary N) is 2. The molecule has 0 fully saturated rings. The molecule has 8 nitrogen and oxygen atoms in total. The van der Waals surface area contributed by atoms with Gasteiger partial charge in [-0.1, -0.05) is 24.3 Å². The zero-order chi connectivity index (χ0) is 20.2. The predicted molar refractivity (Wildman–Crippen MR) is 112 cm³/mol. The molecule has 1 unspecified atom stereocenters. The van der Waals surface area contributed by atoms with Crippen LogP contribution < -0.4 is 22.5 Å². The van der Waals surface area contributed by atoms with E-state index >= 15 is 0 Å². The van der Waals surface area contributed by atoms with Gasteiger partial charge in [-0.3, -0.25) is 4.79 Å². The van der Waals surface area contributed by atoms with Gasteiger partial charge in [0, 0.05) is 0 Å². The minimum absolute atomic E-state index is 0.0209. The van der Waals surface area contributed by atoms with Crippen LogP contribution in [0.2, 0.25) is 0 Å². The highest BCUT2D eigenvalue weighted by atomic mass is 16.5. The molecule has 0 saturated carbocycles. The molecule has 28 heavy (non-hydrogen) atoms. The van der Waals surface area contributed by atoms with E-state index in [0.717, 1.165) is 35.3 Å². The molecule has 2 aromatic carbocycles. The van der Waals surface area contributed by atoms with E-state index in [1.165, 1.54) is 19.8 Å². The van der Waals surface area contributed by atoms with Crippen LogP contribution in [0, 0.1) is 0 Å². The lowest BCUT2D eigenvalue weighted by atomic mass is 9.89. The van der Waals surface area contributed by atoms with Crippen molar-refractivity contribution < 1.29 is 9.53 Å². The van der Waals surface area contributed by atoms with Crippen LogP contribution >= 0.6 is 0 Å². The Morgan fingerprint density at radius 1 is 1.07 bits per heavy atom. The molecule has 0 aliphatic carbocycles. The van der Waals surface area contributed by atoms with Crippen molar-refractivity contribution in [3.05, 3.63) is 59.7 Å². The summed E-state index contributed by atoms with van der Waals surface area (Å²) in [6.45, 7) is 0. The van der Waals surface area contributed by atoms with E-state index in [-0.39, 0.29) is 11.9 Å². The van der Waals surface area contributed by atoms with Crippen LogP contribution in [0.3, 0.4) is 0 Å². The van der Waals surface area contributed by atoms with Crippen molar-refractivity contribution in [3.63, 3.8) is 0 Å². The number of nitrogens with one attached hydrogen (secondary N) is 2. The Morgan fingerprint density at radius 3 is 2.39 bits per heavy atom. The lowest BCUT2D eigenvalue weighted by Crippen LogP contribution is -2.18. The fourth-order valence-corrected chi connectivity index (χ4v) is 2.84. The molecule has 148 valence electrons. The first-order valence-electron chi connectivity index (χ1n) is 8.89. The van der Waals surface area contributed by atoms with Crippen molar-refractivity contribution in [1.82, 2.24) is 10.9 Å². The van der Waals surface area contributed by atoms with Gasteiger partial charge in [0.2, 0.25) is 0 Å². The smallest absolute Gasteiger partial charge is 0.306 e. The maximum absolute atomic E-state index is 11.9. The Balaban J connectivity index is 2.12. The van der Waals surface area contributed by atoms with E-state index in [1.54, 1.807) is 0 Å². The summed E-state index contributed by atoms with van der Waals surface area (Å²) < 4.78 is 4.88. The fourth-order valence-electron chi connectivity index (χ4n) is 2.84. The predicted octanol–water partition coefficient (Wildman–Crippen LogP) is 2.21. The number of hydrogen-bond donors (Lipinski definition) is 4. The Hall–Kier alpha value is -3.23. The number of aryl methyl sites for hydroxylation is 1. The zero-order valence-corrected chi connectivity index (χ0v) is 15.8. The summed E-state index contributed by atoms with van der Waals surface area (Å²) in [4.78, 5) is 20.3. The number of benzene rings is 2. The van der Waals surface area contributed by atoms with Gasteiger partial charge >= 0.3 is 5.97 Å². The fraction of sp³-hybridized carbons (Fsp3) is 0.250. The molecule has 0 aromatic heterocycles. The second-order valence-electron chi connectivity index (χ2n) is 6.13. The highest BCUT2D eigenvalue weighted by Crippen LogP contribution is 2.29. The van der Waals surface area contributed by atoms with Crippen molar-refractivity contribution in [2.45, 2.75) is 25.2 Å². The molecule has 2 rings (SSSR count). The van der Waals surface area contributed by atoms with Crippen molar-refractivity contribution in [2.24, 2.45) is 21.7 Å². The number of ether oxygens (including phenoxy) is 1. The second-order valence-corrected chi connectivity index (χ2v) is 6.13. The molecule has 0 amide bonds. The van der Waals surface area contributed by atoms with Crippen LogP contribution in [-0.4, -0.2) is 25.8 Å². The molecule has 0 radical (unpaired) electrons. The number of rotatable bonds is 10. The van der Waals surface area contributed by atoms with Crippen LogP contribution in [0.15, 0.2) is 58.5 Å². The van der Waals surface area contributed by atoms with Crippen LogP contribution in [-0.2, 0) is 16.0 Å². The molecule has 0 saturated heterocycles. The van der Waals surface area contributed by atoms with Crippen molar-refractivity contribution in [2.75, 3.05) is 7.11 Å². The third kappa shape index (κ3) is 6.82. The molecular weight excluding hydrogens is 356 g/mol. The number of esters is 1. The third-order valence-corrected chi connectivity index (χ3v) is 4.28. The van der Waals surface area contributed by atoms with Crippen LogP contribution in [0.5, 0.6) is 0 Å². The molecular formula is C20H26N6O2. The van der Waals surface area contributed by atoms with E-state index in [4.69, 9.17) is 16.4 Å². The SMILES string of the molecule is COC(=O)CC(CCc1ccc(N=CNN)cc1)c1cccc(N=CNN)c1. The summed E-state index contributed by atoms with van der Waals surface area (Å²) in [7, 11) is 1.41. The summed E-state index contributed by atoms with van der Waals surface area (Å²) in [5.74, 6) is 10.2. The minimum Gasteiger partial charge on any atom is -0.469 e. The first-order valence-corrected chi connectivity index (χ1v) is 8.89. The van der Waals surface area contributed by atoms with Crippen molar-refractivity contribution >= 4 is 30.0 Å². The van der Waals surface area contributed by atoms with E-state index in [2.05, 4.69) is 20.8 Å². The lowest BCUT2D eigenvalue weighted by Gasteiger charge is -2.17. The number of methoxy groups -OCH3 is 1. The topological polar surface area (TPSA) is 127 Å². The molecule has 6 N–H and O–H groups in total. The molecule has 2 aromatic rings. The van der Waals surface area contributed by atoms with Crippen LogP contribution in [0.4, 0.5) is 11.4 Å². The maximum atomic E-state index is 11.9. The van der Waals surface area contributed by atoms with Crippen LogP contribution in [0.25, 0.3) is 0 Å². The largest absolute Gasteiger partial charge is 0.469 e. The maximum Gasteiger partial charge on any atom is 0.306 e. The summed E-state index contributed by atoms with van der Waals surface area (Å²) in [6, 6.07) is 15.6. The van der Waals surface area contributed by atoms with Gasteiger partial charge in [0.1, 0.15) is 12.7 Å². The molecule has 0 heterocycles. The Labute approximate surface area is 164 Å². The number of aliphatic imine (C=N–C) groups is 2. The molecule has 0 spiro atoms. The van der Waals surface area contributed by atoms with Crippen molar-refractivity contribution in [1.29, 1.82) is 0 Å². The third-order valence-electron chi connectivity index (χ3n) is 4.28. The summed E-state index contributed by atoms with van der Waals surface area (Å²) in [5.41, 5.74) is 8.53. The average molecular weight is 382 g/mol. The Morgan fingerprint density at radius 2 is 1.75 bits per heavy atom. The number of hydrogen-bond acceptors (Lipinski definition) is 6. The van der Waals surface area contributed by atoms with Gasteiger partial charge in [0.15, 0.2) is 0 Å². The van der Waals surface area contributed by atoms with Crippen molar-refractivity contribution in [3.8, 4) is 0 Å². The van der Waals surface area contributed by atoms with Gasteiger partial charge in [0.05, 0.1) is 24.9 Å². The van der Waals surface area contributed by atoms with E-state index in [1.807, 2.05) is 48.5 Å². The monoisotopic (exact) mass is 382 g/mol. The first kappa shape index (κ1) is 21.1. The number of carbonyl (C=O) groups excluding carboxylic acids is 1. The minimum atomic E-state index is -0.235. The van der Waals surface area contributed by atoms with Crippen LogP contribution in [0.1, 0.15) is 29.9 Å². The Kier molecular flexibility index (Phi) is 8.64. The molecule has 0 bridgehead atoms. The Bertz CT molecular complexity index is 805. The standard InChI is InChI=1S/C20H26N6O2/c1-28-20(27)12-17(16-3-2-4-19(11-16)24-14-26-22)8-5-15-6-9-18(10-7-15)23-13-25-21/h2-4,6-7,9-11,13-14,17H,5,8,12,21-22H2,1H3,(H,23,25)(H,24,26). The lowest BCUT2D eigenvalue weighted by molar-refractivity contribution is -0.141. The highest BCUT2D eigenvalue weighted by Gasteiger charge is 2.17. The average Bonchev–Trinajstić information content (AvgIpc) is 2.74. The van der Waals surface area contributed by atoms with Gasteiger partial charge in [-0.25, -0.2) is 21.7 Å². The summed E-state index contributed by atoms with van der Waals surface area (Å²) >= 11 is 0. The normalized spacial score (nSPS) is 12.2. The van der Waals surface area contributed by atoms with Gasteiger partial charge < -0.3 is 15.6 Å². The molecule has 1 atom stereocenters.